The number of anilines is 2. The summed E-state index contributed by atoms with van der Waals surface area (Å²) in [4.78, 5) is 28.3. The molecule has 2 aromatic rings. The van der Waals surface area contributed by atoms with Crippen molar-refractivity contribution in [3.63, 3.8) is 0 Å². The molecular weight excluding hydrogens is 358 g/mol. The fourth-order valence-corrected chi connectivity index (χ4v) is 2.75. The van der Waals surface area contributed by atoms with E-state index in [-0.39, 0.29) is 11.3 Å². The van der Waals surface area contributed by atoms with Crippen molar-refractivity contribution in [2.24, 2.45) is 0 Å². The van der Waals surface area contributed by atoms with E-state index in [1.807, 2.05) is 13.8 Å². The molecule has 0 spiro atoms. The van der Waals surface area contributed by atoms with Gasteiger partial charge >= 0.3 is 12.0 Å². The summed E-state index contributed by atoms with van der Waals surface area (Å²) < 4.78 is 0.622. The van der Waals surface area contributed by atoms with E-state index in [1.165, 1.54) is 23.5 Å². The van der Waals surface area contributed by atoms with Crippen molar-refractivity contribution in [1.82, 2.24) is 4.98 Å². The number of carboxylic acids is 1. The molecule has 2 rings (SSSR count). The molecule has 0 aliphatic rings. The molecule has 0 aliphatic heterocycles. The molecule has 0 unspecified atom stereocenters. The Morgan fingerprint density at radius 1 is 1.29 bits per heavy atom. The molecule has 0 atom stereocenters. The van der Waals surface area contributed by atoms with Gasteiger partial charge in [0.05, 0.1) is 16.9 Å². The normalized spacial score (nSPS) is 10.2. The highest BCUT2D eigenvalue weighted by Gasteiger charge is 2.14. The average molecular weight is 370 g/mol. The smallest absolute Gasteiger partial charge is 0.337 e. The van der Waals surface area contributed by atoms with Crippen molar-refractivity contribution in [1.29, 1.82) is 0 Å². The van der Waals surface area contributed by atoms with Crippen LogP contribution in [0.5, 0.6) is 0 Å². The number of hydrogen-bond acceptors (Lipinski definition) is 4. The number of thiazole rings is 1. The number of hydrogen-bond donors (Lipinski definition) is 3. The second-order valence-corrected chi connectivity index (χ2v) is 6.35. The Morgan fingerprint density at radius 3 is 2.57 bits per heavy atom. The van der Waals surface area contributed by atoms with Gasteiger partial charge in [0, 0.05) is 9.35 Å². The summed E-state index contributed by atoms with van der Waals surface area (Å²) in [6.45, 7) is 3.76. The molecule has 1 heterocycles. The van der Waals surface area contributed by atoms with Crippen LogP contribution in [0.25, 0.3) is 0 Å². The zero-order valence-corrected chi connectivity index (χ0v) is 13.6. The Morgan fingerprint density at radius 2 is 2.00 bits per heavy atom. The minimum atomic E-state index is -1.12. The molecule has 0 saturated heterocycles. The van der Waals surface area contributed by atoms with Gasteiger partial charge in [0.2, 0.25) is 0 Å². The molecule has 21 heavy (non-hydrogen) atoms. The van der Waals surface area contributed by atoms with Crippen LogP contribution < -0.4 is 10.6 Å². The number of amides is 2. The monoisotopic (exact) mass is 369 g/mol. The van der Waals surface area contributed by atoms with Crippen LogP contribution in [0.2, 0.25) is 0 Å². The molecule has 1 aromatic carbocycles. The molecule has 0 saturated carbocycles. The van der Waals surface area contributed by atoms with Gasteiger partial charge < -0.3 is 10.4 Å². The lowest BCUT2D eigenvalue weighted by atomic mass is 10.2. The summed E-state index contributed by atoms with van der Waals surface area (Å²) in [7, 11) is 0. The standard InChI is InChI=1S/C13H12BrN3O3S/c1-6-7(2)21-13(15-6)17-12(20)16-10-4-3-8(14)5-9(10)11(18)19/h3-5H,1-2H3,(H,18,19)(H2,15,16,17,20). The molecule has 0 bridgehead atoms. The summed E-state index contributed by atoms with van der Waals surface area (Å²) in [5.41, 5.74) is 1.07. The van der Waals surface area contributed by atoms with Crippen LogP contribution in [0, 0.1) is 13.8 Å². The van der Waals surface area contributed by atoms with Crippen LogP contribution in [-0.2, 0) is 0 Å². The van der Waals surface area contributed by atoms with Gasteiger partial charge in [-0.25, -0.2) is 14.6 Å². The van der Waals surface area contributed by atoms with E-state index in [2.05, 4.69) is 31.5 Å². The van der Waals surface area contributed by atoms with Crippen molar-refractivity contribution < 1.29 is 14.7 Å². The number of halogens is 1. The zero-order valence-electron chi connectivity index (χ0n) is 11.2. The van der Waals surface area contributed by atoms with Crippen LogP contribution >= 0.6 is 27.3 Å². The van der Waals surface area contributed by atoms with E-state index in [1.54, 1.807) is 6.07 Å². The maximum absolute atomic E-state index is 11.9. The fourth-order valence-electron chi connectivity index (χ4n) is 1.58. The SMILES string of the molecule is Cc1nc(NC(=O)Nc2ccc(Br)cc2C(=O)O)sc1C. The Kier molecular flexibility index (Phi) is 4.59. The maximum Gasteiger partial charge on any atom is 0.337 e. The highest BCUT2D eigenvalue weighted by molar-refractivity contribution is 9.10. The van der Waals surface area contributed by atoms with Gasteiger partial charge in [0.15, 0.2) is 5.13 Å². The number of nitrogens with zero attached hydrogens (tertiary/aromatic N) is 1. The number of carboxylic acid groups (broad SMARTS) is 1. The van der Waals surface area contributed by atoms with Crippen molar-refractivity contribution >= 4 is 50.1 Å². The highest BCUT2D eigenvalue weighted by atomic mass is 79.9. The lowest BCUT2D eigenvalue weighted by molar-refractivity contribution is 0.0698. The lowest BCUT2D eigenvalue weighted by Gasteiger charge is -2.08. The zero-order chi connectivity index (χ0) is 15.6. The third kappa shape index (κ3) is 3.79. The molecule has 0 radical (unpaired) electrons. The first-order chi connectivity index (χ1) is 9.86. The Hall–Kier alpha value is -1.93. The third-order valence-corrected chi connectivity index (χ3v) is 4.19. The average Bonchev–Trinajstić information content (AvgIpc) is 2.70. The molecule has 6 nitrogen and oxygen atoms in total. The second-order valence-electron chi connectivity index (χ2n) is 4.23. The number of carbonyl (C=O) groups is 2. The van der Waals surface area contributed by atoms with Crippen molar-refractivity contribution in [2.45, 2.75) is 13.8 Å². The van der Waals surface area contributed by atoms with E-state index < -0.39 is 12.0 Å². The number of benzene rings is 1. The number of rotatable bonds is 3. The van der Waals surface area contributed by atoms with Crippen molar-refractivity contribution in [3.05, 3.63) is 38.8 Å². The predicted octanol–water partition coefficient (Wildman–Crippen LogP) is 3.86. The number of aryl methyl sites for hydroxylation is 2. The minimum Gasteiger partial charge on any atom is -0.478 e. The first kappa shape index (κ1) is 15.5. The first-order valence-corrected chi connectivity index (χ1v) is 7.52. The highest BCUT2D eigenvalue weighted by Crippen LogP contribution is 2.23. The molecule has 8 heteroatoms. The topological polar surface area (TPSA) is 91.3 Å². The molecule has 3 N–H and O–H groups in total. The summed E-state index contributed by atoms with van der Waals surface area (Å²) in [5, 5.41) is 14.7. The summed E-state index contributed by atoms with van der Waals surface area (Å²) in [5.74, 6) is -1.12. The Balaban J connectivity index is 2.14. The first-order valence-electron chi connectivity index (χ1n) is 5.91. The molecule has 0 fully saturated rings. The Bertz CT molecular complexity index is 695. The van der Waals surface area contributed by atoms with Crippen LogP contribution in [0.3, 0.4) is 0 Å². The number of urea groups is 1. The molecule has 0 aliphatic carbocycles. The summed E-state index contributed by atoms with van der Waals surface area (Å²) in [6, 6.07) is 4.06. The van der Waals surface area contributed by atoms with Crippen molar-refractivity contribution in [2.75, 3.05) is 10.6 Å². The van der Waals surface area contributed by atoms with Crippen LogP contribution in [0.15, 0.2) is 22.7 Å². The molecule has 2 amide bonds. The maximum atomic E-state index is 11.9. The van der Waals surface area contributed by atoms with Gasteiger partial charge in [-0.05, 0) is 32.0 Å². The molecule has 1 aromatic heterocycles. The van der Waals surface area contributed by atoms with E-state index >= 15 is 0 Å². The molecule has 110 valence electrons. The van der Waals surface area contributed by atoms with Crippen LogP contribution in [-0.4, -0.2) is 22.1 Å². The quantitative estimate of drug-likeness (QED) is 0.765. The largest absolute Gasteiger partial charge is 0.478 e. The van der Waals surface area contributed by atoms with E-state index in [0.717, 1.165) is 10.6 Å². The summed E-state index contributed by atoms with van der Waals surface area (Å²) >= 11 is 4.55. The van der Waals surface area contributed by atoms with Crippen LogP contribution in [0.4, 0.5) is 15.6 Å². The van der Waals surface area contributed by atoms with Crippen molar-refractivity contribution in [3.8, 4) is 0 Å². The number of aromatic carboxylic acids is 1. The fraction of sp³-hybridized carbons (Fsp3) is 0.154. The van der Waals surface area contributed by atoms with Gasteiger partial charge in [-0.2, -0.15) is 0 Å². The van der Waals surface area contributed by atoms with Gasteiger partial charge in [0.25, 0.3) is 0 Å². The summed E-state index contributed by atoms with van der Waals surface area (Å²) in [6.07, 6.45) is 0. The van der Waals surface area contributed by atoms with Gasteiger partial charge in [0.1, 0.15) is 0 Å². The lowest BCUT2D eigenvalue weighted by Crippen LogP contribution is -2.21. The van der Waals surface area contributed by atoms with Gasteiger partial charge in [-0.1, -0.05) is 15.9 Å². The van der Waals surface area contributed by atoms with E-state index in [0.29, 0.717) is 9.60 Å². The minimum absolute atomic E-state index is 0.00558. The van der Waals surface area contributed by atoms with Crippen LogP contribution in [0.1, 0.15) is 20.9 Å². The van der Waals surface area contributed by atoms with E-state index in [9.17, 15) is 9.59 Å². The third-order valence-electron chi connectivity index (χ3n) is 2.71. The predicted molar refractivity (Wildman–Crippen MR) is 85.3 cm³/mol. The van der Waals surface area contributed by atoms with Gasteiger partial charge in [-0.15, -0.1) is 11.3 Å². The van der Waals surface area contributed by atoms with Gasteiger partial charge in [-0.3, -0.25) is 5.32 Å². The molecular formula is C13H12BrN3O3S. The number of aromatic nitrogens is 1. The number of nitrogens with one attached hydrogen (secondary N) is 2. The Labute approximate surface area is 133 Å². The second kappa shape index (κ2) is 6.23. The van der Waals surface area contributed by atoms with E-state index in [4.69, 9.17) is 5.11 Å². The number of carbonyl (C=O) groups excluding carboxylic acids is 1.